The Labute approximate surface area is 111 Å². The van der Waals surface area contributed by atoms with Crippen LogP contribution in [0, 0.1) is 13.8 Å². The van der Waals surface area contributed by atoms with Gasteiger partial charge in [0.15, 0.2) is 5.11 Å². The van der Waals surface area contributed by atoms with Crippen molar-refractivity contribution in [2.24, 2.45) is 5.73 Å². The highest BCUT2D eigenvalue weighted by Crippen LogP contribution is 2.26. The Morgan fingerprint density at radius 1 is 1.50 bits per heavy atom. The number of nitrogens with two attached hydrogens (primary N) is 1. The van der Waals surface area contributed by atoms with Crippen molar-refractivity contribution in [3.63, 3.8) is 0 Å². The molecule has 1 aromatic carbocycles. The number of benzene rings is 1. The van der Waals surface area contributed by atoms with Crippen LogP contribution in [0.4, 0.5) is 5.69 Å². The van der Waals surface area contributed by atoms with Gasteiger partial charge in [-0.3, -0.25) is 0 Å². The van der Waals surface area contributed by atoms with Gasteiger partial charge in [-0.05, 0) is 37.7 Å². The molecule has 0 spiro atoms. The second-order valence-electron chi connectivity index (χ2n) is 4.16. The van der Waals surface area contributed by atoms with E-state index in [-0.39, 0.29) is 0 Å². The van der Waals surface area contributed by atoms with Crippen LogP contribution in [0.5, 0.6) is 0 Å². The molecule has 0 aliphatic heterocycles. The third-order valence-electron chi connectivity index (χ3n) is 2.82. The van der Waals surface area contributed by atoms with Gasteiger partial charge in [0.2, 0.25) is 0 Å². The van der Waals surface area contributed by atoms with E-state index in [2.05, 4.69) is 26.7 Å². The molecule has 96 valence electrons. The van der Waals surface area contributed by atoms with E-state index in [4.69, 9.17) is 18.0 Å². The van der Waals surface area contributed by atoms with Crippen LogP contribution >= 0.6 is 12.2 Å². The number of hydrogen-bond acceptors (Lipinski definition) is 3. The number of hydrogen-bond donors (Lipinski definition) is 4. The number of imidazole rings is 1. The molecule has 0 saturated carbocycles. The molecule has 5 N–H and O–H groups in total. The highest BCUT2D eigenvalue weighted by molar-refractivity contribution is 7.80. The molecular formula is C12H17N5S. The molecule has 5 nitrogen and oxygen atoms in total. The van der Waals surface area contributed by atoms with Crippen LogP contribution in [-0.4, -0.2) is 28.2 Å². The number of fused-ring (bicyclic) bond motifs is 1. The normalized spacial score (nSPS) is 10.6. The first-order valence-corrected chi connectivity index (χ1v) is 6.22. The highest BCUT2D eigenvalue weighted by Gasteiger charge is 2.10. The lowest BCUT2D eigenvalue weighted by molar-refractivity contribution is 0.883. The summed E-state index contributed by atoms with van der Waals surface area (Å²) in [5.41, 5.74) is 10.6. The van der Waals surface area contributed by atoms with Gasteiger partial charge < -0.3 is 21.4 Å². The van der Waals surface area contributed by atoms with E-state index in [0.29, 0.717) is 18.2 Å². The van der Waals surface area contributed by atoms with E-state index < -0.39 is 0 Å². The second kappa shape index (κ2) is 5.32. The molecule has 1 aromatic heterocycles. The van der Waals surface area contributed by atoms with Crippen molar-refractivity contribution in [3.05, 3.63) is 23.5 Å². The summed E-state index contributed by atoms with van der Waals surface area (Å²) in [7, 11) is 0. The number of aryl methyl sites for hydroxylation is 2. The van der Waals surface area contributed by atoms with Crippen LogP contribution in [0.25, 0.3) is 11.0 Å². The first-order valence-electron chi connectivity index (χ1n) is 5.81. The summed E-state index contributed by atoms with van der Waals surface area (Å²) >= 11 is 5.22. The maximum absolute atomic E-state index is 5.43. The number of anilines is 1. The van der Waals surface area contributed by atoms with Crippen molar-refractivity contribution in [1.29, 1.82) is 0 Å². The van der Waals surface area contributed by atoms with Crippen molar-refractivity contribution >= 4 is 34.1 Å². The van der Waals surface area contributed by atoms with E-state index in [1.54, 1.807) is 6.33 Å². The average molecular weight is 263 g/mol. The number of rotatable bonds is 3. The lowest BCUT2D eigenvalue weighted by Crippen LogP contribution is -2.33. The summed E-state index contributed by atoms with van der Waals surface area (Å²) in [5, 5.41) is 6.84. The van der Waals surface area contributed by atoms with Gasteiger partial charge in [0.1, 0.15) is 0 Å². The standard InChI is InChI=1S/C12H17N5S/c1-7-5-9-11(16-6-15-9)8(2)10(7)17-12(18)14-4-3-13/h5-6H,3-4,13H2,1-2H3,(H,15,16)(H2,14,17,18). The fourth-order valence-electron chi connectivity index (χ4n) is 1.95. The monoisotopic (exact) mass is 263 g/mol. The van der Waals surface area contributed by atoms with Crippen LogP contribution in [0.15, 0.2) is 12.4 Å². The molecule has 6 heteroatoms. The van der Waals surface area contributed by atoms with E-state index in [1.807, 2.05) is 13.8 Å². The molecule has 18 heavy (non-hydrogen) atoms. The number of aromatic amines is 1. The molecule has 0 radical (unpaired) electrons. The van der Waals surface area contributed by atoms with Gasteiger partial charge in [-0.1, -0.05) is 0 Å². The summed E-state index contributed by atoms with van der Waals surface area (Å²) in [6.45, 7) is 5.29. The largest absolute Gasteiger partial charge is 0.361 e. The van der Waals surface area contributed by atoms with E-state index in [9.17, 15) is 0 Å². The first kappa shape index (κ1) is 12.8. The molecule has 0 saturated heterocycles. The summed E-state index contributed by atoms with van der Waals surface area (Å²) in [4.78, 5) is 7.42. The Hall–Kier alpha value is -1.66. The van der Waals surface area contributed by atoms with Gasteiger partial charge in [-0.25, -0.2) is 4.98 Å². The third kappa shape index (κ3) is 2.44. The van der Waals surface area contributed by atoms with Gasteiger partial charge in [0, 0.05) is 24.3 Å². The van der Waals surface area contributed by atoms with Gasteiger partial charge in [0.25, 0.3) is 0 Å². The molecule has 2 rings (SSSR count). The molecule has 2 aromatic rings. The Morgan fingerprint density at radius 2 is 2.28 bits per heavy atom. The van der Waals surface area contributed by atoms with Gasteiger partial charge in [-0.15, -0.1) is 0 Å². The fraction of sp³-hybridized carbons (Fsp3) is 0.333. The number of nitrogens with zero attached hydrogens (tertiary/aromatic N) is 1. The SMILES string of the molecule is Cc1cc2[nH]cnc2c(C)c1NC(=S)NCCN. The Balaban J connectivity index is 2.29. The maximum Gasteiger partial charge on any atom is 0.170 e. The summed E-state index contributed by atoms with van der Waals surface area (Å²) in [6, 6.07) is 2.06. The zero-order valence-electron chi connectivity index (χ0n) is 10.5. The smallest absolute Gasteiger partial charge is 0.170 e. The van der Waals surface area contributed by atoms with E-state index in [1.165, 1.54) is 0 Å². The van der Waals surface area contributed by atoms with Crippen molar-refractivity contribution < 1.29 is 0 Å². The Bertz CT molecular complexity index is 575. The lowest BCUT2D eigenvalue weighted by Gasteiger charge is -2.14. The molecular weight excluding hydrogens is 246 g/mol. The fourth-order valence-corrected chi connectivity index (χ4v) is 2.16. The van der Waals surface area contributed by atoms with Gasteiger partial charge in [-0.2, -0.15) is 0 Å². The van der Waals surface area contributed by atoms with Crippen molar-refractivity contribution in [2.45, 2.75) is 13.8 Å². The minimum atomic E-state index is 0.554. The topological polar surface area (TPSA) is 78.8 Å². The van der Waals surface area contributed by atoms with Gasteiger partial charge >= 0.3 is 0 Å². The summed E-state index contributed by atoms with van der Waals surface area (Å²) in [5.74, 6) is 0. The predicted octanol–water partition coefficient (Wildman–Crippen LogP) is 1.42. The lowest BCUT2D eigenvalue weighted by atomic mass is 10.1. The van der Waals surface area contributed by atoms with Gasteiger partial charge in [0.05, 0.1) is 17.4 Å². The number of H-pyrrole nitrogens is 1. The quantitative estimate of drug-likeness (QED) is 0.630. The summed E-state index contributed by atoms with van der Waals surface area (Å²) in [6.07, 6.45) is 1.70. The van der Waals surface area contributed by atoms with Crippen LogP contribution in [0.3, 0.4) is 0 Å². The summed E-state index contributed by atoms with van der Waals surface area (Å²) < 4.78 is 0. The molecule has 1 heterocycles. The van der Waals surface area contributed by atoms with Crippen LogP contribution < -0.4 is 16.4 Å². The second-order valence-corrected chi connectivity index (χ2v) is 4.57. The Morgan fingerprint density at radius 3 is 3.00 bits per heavy atom. The zero-order chi connectivity index (χ0) is 13.1. The zero-order valence-corrected chi connectivity index (χ0v) is 11.3. The van der Waals surface area contributed by atoms with Crippen molar-refractivity contribution in [3.8, 4) is 0 Å². The molecule has 0 fully saturated rings. The van der Waals surface area contributed by atoms with E-state index in [0.717, 1.165) is 27.8 Å². The predicted molar refractivity (Wildman–Crippen MR) is 78.8 cm³/mol. The number of aromatic nitrogens is 2. The molecule has 0 bridgehead atoms. The average Bonchev–Trinajstić information content (AvgIpc) is 2.80. The number of nitrogens with one attached hydrogen (secondary N) is 3. The molecule has 0 unspecified atom stereocenters. The first-order chi connectivity index (χ1) is 8.63. The van der Waals surface area contributed by atoms with Crippen molar-refractivity contribution in [2.75, 3.05) is 18.4 Å². The maximum atomic E-state index is 5.43. The van der Waals surface area contributed by atoms with Crippen LogP contribution in [-0.2, 0) is 0 Å². The van der Waals surface area contributed by atoms with E-state index >= 15 is 0 Å². The molecule has 0 aliphatic carbocycles. The van der Waals surface area contributed by atoms with Crippen LogP contribution in [0.1, 0.15) is 11.1 Å². The number of thiocarbonyl (C=S) groups is 1. The highest BCUT2D eigenvalue weighted by atomic mass is 32.1. The van der Waals surface area contributed by atoms with Crippen molar-refractivity contribution in [1.82, 2.24) is 15.3 Å². The Kier molecular flexibility index (Phi) is 3.78. The van der Waals surface area contributed by atoms with Crippen LogP contribution in [0.2, 0.25) is 0 Å². The molecule has 0 atom stereocenters. The minimum Gasteiger partial charge on any atom is -0.361 e. The molecule has 0 amide bonds. The molecule has 0 aliphatic rings. The minimum absolute atomic E-state index is 0.554. The third-order valence-corrected chi connectivity index (χ3v) is 3.07.